The van der Waals surface area contributed by atoms with Crippen LogP contribution in [0.3, 0.4) is 0 Å². The highest BCUT2D eigenvalue weighted by Gasteiger charge is 2.07. The van der Waals surface area contributed by atoms with E-state index in [4.69, 9.17) is 10.8 Å². The van der Waals surface area contributed by atoms with Gasteiger partial charge in [0.25, 0.3) is 0 Å². The molecule has 0 aliphatic heterocycles. The molecule has 0 fully saturated rings. The number of phenols is 1. The molecule has 0 spiro atoms. The predicted molar refractivity (Wildman–Crippen MR) is 54.1 cm³/mol. The van der Waals surface area contributed by atoms with Crippen LogP contribution in [0.15, 0.2) is 12.1 Å². The fourth-order valence-corrected chi connectivity index (χ4v) is 1.02. The van der Waals surface area contributed by atoms with Crippen molar-refractivity contribution in [1.82, 2.24) is 0 Å². The number of hydrogen-bond acceptors (Lipinski definition) is 3. The number of hydrogen-bond donors (Lipinski definition) is 2. The highest BCUT2D eigenvalue weighted by molar-refractivity contribution is 5.80. The molecule has 1 rings (SSSR count). The Hall–Kier alpha value is -2.35. The van der Waals surface area contributed by atoms with Gasteiger partial charge >= 0.3 is 0 Å². The largest absolute Gasteiger partial charge is 0.504 e. The van der Waals surface area contributed by atoms with Crippen molar-refractivity contribution in [2.24, 2.45) is 5.73 Å². The van der Waals surface area contributed by atoms with E-state index >= 15 is 0 Å². The van der Waals surface area contributed by atoms with Crippen molar-refractivity contribution < 1.29 is 19.1 Å². The number of benzene rings is 1. The second-order valence-electron chi connectivity index (χ2n) is 2.96. The molecule has 1 aromatic rings. The number of phenolic OH excluding ortho intramolecular Hbond substituents is 1. The zero-order valence-corrected chi connectivity index (χ0v) is 8.16. The molecule has 4 nitrogen and oxygen atoms in total. The number of aromatic hydroxyl groups is 1. The monoisotopic (exact) mass is 221 g/mol. The lowest BCUT2D eigenvalue weighted by molar-refractivity contribution is -0.117. The number of amides is 1. The fraction of sp³-hybridized carbons (Fsp3) is 0.0909. The molecule has 0 saturated heterocycles. The molecule has 0 aliphatic rings. The molecule has 0 radical (unpaired) electrons. The van der Waals surface area contributed by atoms with E-state index in [1.807, 2.05) is 0 Å². The lowest BCUT2D eigenvalue weighted by Crippen LogP contribution is -2.08. The van der Waals surface area contributed by atoms with Gasteiger partial charge in [-0.1, -0.05) is 11.8 Å². The van der Waals surface area contributed by atoms with Crippen LogP contribution in [-0.2, 0) is 4.79 Å². The molecule has 0 atom stereocenters. The van der Waals surface area contributed by atoms with Crippen molar-refractivity contribution in [3.8, 4) is 17.6 Å². The summed E-state index contributed by atoms with van der Waals surface area (Å²) in [5.74, 6) is 2.62. The minimum absolute atomic E-state index is 0.154. The Kier molecular flexibility index (Phi) is 3.62. The van der Waals surface area contributed by atoms with Gasteiger partial charge in [-0.25, -0.2) is 4.39 Å². The third-order valence-electron chi connectivity index (χ3n) is 1.72. The number of halogens is 1. The van der Waals surface area contributed by atoms with Gasteiger partial charge in [-0.15, -0.1) is 0 Å². The highest BCUT2D eigenvalue weighted by atomic mass is 19.1. The molecule has 0 bridgehead atoms. The Bertz CT molecular complexity index is 500. The quantitative estimate of drug-likeness (QED) is 0.566. The first-order valence-corrected chi connectivity index (χ1v) is 4.29. The minimum Gasteiger partial charge on any atom is -0.504 e. The Labute approximate surface area is 90.9 Å². The zero-order valence-electron chi connectivity index (χ0n) is 8.16. The number of nitrogens with two attached hydrogens (primary N) is 1. The first-order chi connectivity index (χ1) is 7.54. The van der Waals surface area contributed by atoms with Gasteiger partial charge in [0.15, 0.2) is 17.9 Å². The first-order valence-electron chi connectivity index (χ1n) is 4.29. The van der Waals surface area contributed by atoms with Crippen LogP contribution in [-0.4, -0.2) is 17.3 Å². The summed E-state index contributed by atoms with van der Waals surface area (Å²) in [6.45, 7) is 0. The highest BCUT2D eigenvalue weighted by Crippen LogP contribution is 2.21. The molecule has 82 valence electrons. The van der Waals surface area contributed by atoms with Crippen LogP contribution in [0.25, 0.3) is 0 Å². The molecule has 0 aliphatic carbocycles. The SMILES string of the molecule is NC(=O)CC#Cc1cc(F)c(O)c(C=O)c1. The van der Waals surface area contributed by atoms with E-state index in [1.165, 1.54) is 6.07 Å². The van der Waals surface area contributed by atoms with E-state index in [-0.39, 0.29) is 17.5 Å². The van der Waals surface area contributed by atoms with Crippen molar-refractivity contribution in [3.63, 3.8) is 0 Å². The molecule has 1 aromatic carbocycles. The van der Waals surface area contributed by atoms with Gasteiger partial charge in [-0.05, 0) is 12.1 Å². The summed E-state index contributed by atoms with van der Waals surface area (Å²) in [6, 6.07) is 2.19. The van der Waals surface area contributed by atoms with Crippen LogP contribution in [0.4, 0.5) is 4.39 Å². The van der Waals surface area contributed by atoms with E-state index < -0.39 is 17.5 Å². The lowest BCUT2D eigenvalue weighted by Gasteiger charge is -1.99. The minimum atomic E-state index is -0.937. The molecule has 16 heavy (non-hydrogen) atoms. The maximum absolute atomic E-state index is 13.0. The van der Waals surface area contributed by atoms with E-state index in [1.54, 1.807) is 0 Å². The second kappa shape index (κ2) is 4.94. The molecule has 0 saturated carbocycles. The average molecular weight is 221 g/mol. The predicted octanol–water partition coefficient (Wildman–Crippen LogP) is 0.571. The maximum atomic E-state index is 13.0. The number of aldehydes is 1. The van der Waals surface area contributed by atoms with E-state index in [0.717, 1.165) is 6.07 Å². The molecule has 0 unspecified atom stereocenters. The van der Waals surface area contributed by atoms with Crippen LogP contribution < -0.4 is 5.73 Å². The molecule has 0 aromatic heterocycles. The van der Waals surface area contributed by atoms with Gasteiger partial charge < -0.3 is 10.8 Å². The third-order valence-corrected chi connectivity index (χ3v) is 1.72. The van der Waals surface area contributed by atoms with Crippen molar-refractivity contribution in [3.05, 3.63) is 29.1 Å². The van der Waals surface area contributed by atoms with Crippen LogP contribution >= 0.6 is 0 Å². The van der Waals surface area contributed by atoms with Crippen molar-refractivity contribution >= 4 is 12.2 Å². The summed E-state index contributed by atoms with van der Waals surface area (Å²) < 4.78 is 13.0. The van der Waals surface area contributed by atoms with E-state index in [0.29, 0.717) is 6.29 Å². The topological polar surface area (TPSA) is 80.4 Å². The van der Waals surface area contributed by atoms with E-state index in [9.17, 15) is 14.0 Å². The summed E-state index contributed by atoms with van der Waals surface area (Å²) in [7, 11) is 0. The molecular weight excluding hydrogens is 213 g/mol. The molecule has 0 heterocycles. The summed E-state index contributed by atoms with van der Waals surface area (Å²) >= 11 is 0. The van der Waals surface area contributed by atoms with Crippen molar-refractivity contribution in [1.29, 1.82) is 0 Å². The fourth-order valence-electron chi connectivity index (χ4n) is 1.02. The first kappa shape index (κ1) is 11.7. The lowest BCUT2D eigenvalue weighted by atomic mass is 10.1. The Morgan fingerprint density at radius 2 is 2.25 bits per heavy atom. The molecule has 1 amide bonds. The van der Waals surface area contributed by atoms with Crippen LogP contribution in [0.5, 0.6) is 5.75 Å². The Morgan fingerprint density at radius 1 is 1.56 bits per heavy atom. The van der Waals surface area contributed by atoms with Crippen LogP contribution in [0.1, 0.15) is 22.3 Å². The summed E-state index contributed by atoms with van der Waals surface area (Å²) in [5, 5.41) is 9.11. The zero-order chi connectivity index (χ0) is 12.1. The Morgan fingerprint density at radius 3 is 2.81 bits per heavy atom. The van der Waals surface area contributed by atoms with Gasteiger partial charge in [-0.2, -0.15) is 0 Å². The normalized spacial score (nSPS) is 9.06. The van der Waals surface area contributed by atoms with E-state index in [2.05, 4.69) is 11.8 Å². The van der Waals surface area contributed by atoms with Crippen molar-refractivity contribution in [2.45, 2.75) is 6.42 Å². The maximum Gasteiger partial charge on any atom is 0.229 e. The van der Waals surface area contributed by atoms with Gasteiger partial charge in [0.2, 0.25) is 5.91 Å². The van der Waals surface area contributed by atoms with Gasteiger partial charge in [-0.3, -0.25) is 9.59 Å². The Balaban J connectivity index is 3.05. The number of carbonyl (C=O) groups is 2. The van der Waals surface area contributed by atoms with Crippen LogP contribution in [0.2, 0.25) is 0 Å². The second-order valence-corrected chi connectivity index (χ2v) is 2.96. The van der Waals surface area contributed by atoms with Gasteiger partial charge in [0.05, 0.1) is 12.0 Å². The number of carbonyl (C=O) groups excluding carboxylic acids is 2. The molecule has 5 heteroatoms. The number of rotatable bonds is 2. The standard InChI is InChI=1S/C11H8FNO3/c12-9-5-7(2-1-3-10(13)15)4-8(6-14)11(9)16/h4-6,16H,3H2,(H2,13,15). The summed E-state index contributed by atoms with van der Waals surface area (Å²) in [6.07, 6.45) is 0.163. The average Bonchev–Trinajstić information content (AvgIpc) is 2.22. The molecule has 3 N–H and O–H groups in total. The molecular formula is C11H8FNO3. The van der Waals surface area contributed by atoms with Crippen molar-refractivity contribution in [2.75, 3.05) is 0 Å². The smallest absolute Gasteiger partial charge is 0.229 e. The van der Waals surface area contributed by atoms with Gasteiger partial charge in [0.1, 0.15) is 0 Å². The summed E-state index contributed by atoms with van der Waals surface area (Å²) in [5.41, 5.74) is 4.86. The number of primary amides is 1. The van der Waals surface area contributed by atoms with Crippen LogP contribution in [0, 0.1) is 17.7 Å². The van der Waals surface area contributed by atoms with Gasteiger partial charge in [0, 0.05) is 5.56 Å². The summed E-state index contributed by atoms with van der Waals surface area (Å²) in [4.78, 5) is 20.8. The third kappa shape index (κ3) is 2.82.